The number of piperidine rings is 1. The molecule has 1 unspecified atom stereocenters. The van der Waals surface area contributed by atoms with Gasteiger partial charge in [-0.25, -0.2) is 9.67 Å². The second-order valence-corrected chi connectivity index (χ2v) is 5.67. The van der Waals surface area contributed by atoms with Gasteiger partial charge in [-0.1, -0.05) is 6.42 Å². The van der Waals surface area contributed by atoms with Crippen molar-refractivity contribution in [1.82, 2.24) is 29.4 Å². The molecule has 1 aliphatic heterocycles. The summed E-state index contributed by atoms with van der Waals surface area (Å²) in [4.78, 5) is 6.99. The monoisotopic (exact) mass is 288 g/mol. The van der Waals surface area contributed by atoms with Crippen LogP contribution in [0, 0.1) is 0 Å². The van der Waals surface area contributed by atoms with Crippen molar-refractivity contribution in [2.75, 3.05) is 6.54 Å². The maximum absolute atomic E-state index is 4.42. The molecule has 0 spiro atoms. The molecule has 0 radical (unpaired) electrons. The molecule has 0 amide bonds. The number of rotatable bonds is 6. The Kier molecular flexibility index (Phi) is 4.65. The molecule has 2 aromatic rings. The molecule has 1 aliphatic rings. The van der Waals surface area contributed by atoms with Crippen LogP contribution in [0.25, 0.3) is 0 Å². The largest absolute Gasteiger partial charge is 0.293 e. The van der Waals surface area contributed by atoms with Crippen molar-refractivity contribution in [1.29, 1.82) is 0 Å². The van der Waals surface area contributed by atoms with Crippen molar-refractivity contribution >= 4 is 0 Å². The molecule has 21 heavy (non-hydrogen) atoms. The van der Waals surface area contributed by atoms with Gasteiger partial charge in [0.05, 0.1) is 6.54 Å². The van der Waals surface area contributed by atoms with Crippen LogP contribution in [-0.2, 0) is 19.6 Å². The van der Waals surface area contributed by atoms with E-state index < -0.39 is 0 Å². The van der Waals surface area contributed by atoms with E-state index in [0.29, 0.717) is 6.04 Å². The van der Waals surface area contributed by atoms with Crippen molar-refractivity contribution in [2.45, 2.75) is 58.3 Å². The Morgan fingerprint density at radius 1 is 1.29 bits per heavy atom. The van der Waals surface area contributed by atoms with Crippen LogP contribution in [-0.4, -0.2) is 42.0 Å². The van der Waals surface area contributed by atoms with Crippen LogP contribution in [0.1, 0.15) is 38.4 Å². The fraction of sp³-hybridized carbons (Fsp3) is 0.667. The molecule has 1 atom stereocenters. The second kappa shape index (κ2) is 6.85. The van der Waals surface area contributed by atoms with E-state index >= 15 is 0 Å². The molecular formula is C15H24N6. The van der Waals surface area contributed by atoms with E-state index in [1.54, 1.807) is 6.33 Å². The molecule has 3 heterocycles. The van der Waals surface area contributed by atoms with Gasteiger partial charge in [0.2, 0.25) is 0 Å². The lowest BCUT2D eigenvalue weighted by atomic mass is 9.99. The van der Waals surface area contributed by atoms with Gasteiger partial charge in [-0.2, -0.15) is 10.2 Å². The number of aryl methyl sites for hydroxylation is 2. The summed E-state index contributed by atoms with van der Waals surface area (Å²) in [5, 5.41) is 8.58. The van der Waals surface area contributed by atoms with Crippen molar-refractivity contribution in [2.24, 2.45) is 0 Å². The highest BCUT2D eigenvalue weighted by Crippen LogP contribution is 2.22. The van der Waals surface area contributed by atoms with E-state index in [1.165, 1.54) is 25.8 Å². The topological polar surface area (TPSA) is 51.8 Å². The summed E-state index contributed by atoms with van der Waals surface area (Å²) < 4.78 is 4.03. The van der Waals surface area contributed by atoms with Gasteiger partial charge in [0.15, 0.2) is 0 Å². The van der Waals surface area contributed by atoms with Gasteiger partial charge in [0, 0.05) is 31.5 Å². The summed E-state index contributed by atoms with van der Waals surface area (Å²) in [6.07, 6.45) is 10.6. The first kappa shape index (κ1) is 14.3. The Bertz CT molecular complexity index is 532. The lowest BCUT2D eigenvalue weighted by Crippen LogP contribution is -2.40. The smallest absolute Gasteiger partial charge is 0.141 e. The summed E-state index contributed by atoms with van der Waals surface area (Å²) in [6, 6.07) is 2.62. The lowest BCUT2D eigenvalue weighted by Gasteiger charge is -2.35. The van der Waals surface area contributed by atoms with Gasteiger partial charge >= 0.3 is 0 Å². The molecule has 6 nitrogen and oxygen atoms in total. The first-order valence-electron chi connectivity index (χ1n) is 7.95. The zero-order valence-corrected chi connectivity index (χ0v) is 12.7. The summed E-state index contributed by atoms with van der Waals surface area (Å²) >= 11 is 0. The van der Waals surface area contributed by atoms with Gasteiger partial charge in [0.25, 0.3) is 0 Å². The van der Waals surface area contributed by atoms with E-state index in [-0.39, 0.29) is 0 Å². The van der Waals surface area contributed by atoms with Gasteiger partial charge in [-0.3, -0.25) is 9.58 Å². The minimum absolute atomic E-state index is 0.630. The molecule has 0 aromatic carbocycles. The van der Waals surface area contributed by atoms with E-state index in [9.17, 15) is 0 Å². The third-order valence-electron chi connectivity index (χ3n) is 4.34. The van der Waals surface area contributed by atoms with Crippen LogP contribution >= 0.6 is 0 Å². The standard InChI is InChI=1S/C15H24N6/c1-2-21-15(16-13-18-21)12-19-9-4-3-6-14(19)7-11-20-10-5-8-17-20/h5,8,10,13-14H,2-4,6-7,9,11-12H2,1H3. The summed E-state index contributed by atoms with van der Waals surface area (Å²) in [5.74, 6) is 1.09. The molecule has 6 heteroatoms. The SMILES string of the molecule is CCn1ncnc1CN1CCCCC1CCn1cccn1. The fourth-order valence-corrected chi connectivity index (χ4v) is 3.17. The maximum atomic E-state index is 4.42. The van der Waals surface area contributed by atoms with E-state index in [0.717, 1.165) is 31.9 Å². The number of hydrogen-bond acceptors (Lipinski definition) is 4. The van der Waals surface area contributed by atoms with E-state index in [2.05, 4.69) is 27.0 Å². The number of aromatic nitrogens is 5. The second-order valence-electron chi connectivity index (χ2n) is 5.67. The molecule has 0 saturated carbocycles. The molecule has 114 valence electrons. The van der Waals surface area contributed by atoms with Crippen LogP contribution in [0.3, 0.4) is 0 Å². The quantitative estimate of drug-likeness (QED) is 0.815. The van der Waals surface area contributed by atoms with Crippen LogP contribution in [0.15, 0.2) is 24.8 Å². The van der Waals surface area contributed by atoms with Gasteiger partial charge in [-0.05, 0) is 38.8 Å². The zero-order valence-electron chi connectivity index (χ0n) is 12.7. The van der Waals surface area contributed by atoms with Crippen LogP contribution in [0.5, 0.6) is 0 Å². The fourth-order valence-electron chi connectivity index (χ4n) is 3.17. The van der Waals surface area contributed by atoms with Crippen LogP contribution in [0.4, 0.5) is 0 Å². The molecule has 0 aliphatic carbocycles. The first-order chi connectivity index (χ1) is 10.4. The van der Waals surface area contributed by atoms with Crippen molar-refractivity contribution < 1.29 is 0 Å². The Morgan fingerprint density at radius 2 is 2.24 bits per heavy atom. The van der Waals surface area contributed by atoms with Gasteiger partial charge < -0.3 is 0 Å². The minimum Gasteiger partial charge on any atom is -0.293 e. The van der Waals surface area contributed by atoms with Gasteiger partial charge in [0.1, 0.15) is 12.2 Å². The Balaban J connectivity index is 1.61. The summed E-state index contributed by atoms with van der Waals surface area (Å²) in [7, 11) is 0. The maximum Gasteiger partial charge on any atom is 0.141 e. The van der Waals surface area contributed by atoms with Crippen molar-refractivity contribution in [3.8, 4) is 0 Å². The highest BCUT2D eigenvalue weighted by molar-refractivity contribution is 4.88. The van der Waals surface area contributed by atoms with Crippen molar-refractivity contribution in [3.63, 3.8) is 0 Å². The molecule has 0 N–H and O–H groups in total. The predicted octanol–water partition coefficient (Wildman–Crippen LogP) is 1.94. The Labute approximate surface area is 125 Å². The third-order valence-corrected chi connectivity index (χ3v) is 4.34. The molecule has 1 saturated heterocycles. The zero-order chi connectivity index (χ0) is 14.5. The average Bonchev–Trinajstić information content (AvgIpc) is 3.17. The average molecular weight is 288 g/mol. The molecular weight excluding hydrogens is 264 g/mol. The molecule has 1 fully saturated rings. The summed E-state index contributed by atoms with van der Waals surface area (Å²) in [5.41, 5.74) is 0. The highest BCUT2D eigenvalue weighted by Gasteiger charge is 2.23. The normalized spacial score (nSPS) is 20.0. The molecule has 2 aromatic heterocycles. The van der Waals surface area contributed by atoms with E-state index in [4.69, 9.17) is 0 Å². The number of likely N-dealkylation sites (tertiary alicyclic amines) is 1. The third kappa shape index (κ3) is 3.50. The summed E-state index contributed by atoms with van der Waals surface area (Å²) in [6.45, 7) is 6.08. The number of nitrogens with zero attached hydrogens (tertiary/aromatic N) is 6. The van der Waals surface area contributed by atoms with Gasteiger partial charge in [-0.15, -0.1) is 0 Å². The van der Waals surface area contributed by atoms with E-state index in [1.807, 2.05) is 27.8 Å². The Morgan fingerprint density at radius 3 is 3.05 bits per heavy atom. The minimum atomic E-state index is 0.630. The van der Waals surface area contributed by atoms with Crippen LogP contribution in [0.2, 0.25) is 0 Å². The Hall–Kier alpha value is -1.69. The first-order valence-corrected chi connectivity index (χ1v) is 7.95. The van der Waals surface area contributed by atoms with Crippen molar-refractivity contribution in [3.05, 3.63) is 30.6 Å². The molecule has 0 bridgehead atoms. The lowest BCUT2D eigenvalue weighted by molar-refractivity contribution is 0.122. The molecule has 3 rings (SSSR count). The highest BCUT2D eigenvalue weighted by atomic mass is 15.3. The van der Waals surface area contributed by atoms with Crippen LogP contribution < -0.4 is 0 Å². The predicted molar refractivity (Wildman–Crippen MR) is 80.6 cm³/mol. The number of hydrogen-bond donors (Lipinski definition) is 0.